The summed E-state index contributed by atoms with van der Waals surface area (Å²) >= 11 is 1.73. The monoisotopic (exact) mass is 223 g/mol. The number of carboxylic acid groups (broad SMARTS) is 1. The molecular formula is C11H13NO2S. The molecule has 0 unspecified atom stereocenters. The Balaban J connectivity index is 2.11. The van der Waals surface area contributed by atoms with Gasteiger partial charge in [0, 0.05) is 18.0 Å². The summed E-state index contributed by atoms with van der Waals surface area (Å²) < 4.78 is 0. The molecule has 2 heterocycles. The first kappa shape index (κ1) is 10.2. The zero-order valence-corrected chi connectivity index (χ0v) is 9.38. The molecule has 1 aliphatic rings. The zero-order valence-electron chi connectivity index (χ0n) is 8.56. The lowest BCUT2D eigenvalue weighted by molar-refractivity contribution is 0.150. The van der Waals surface area contributed by atoms with Crippen molar-refractivity contribution in [2.45, 2.75) is 13.3 Å². The molecule has 15 heavy (non-hydrogen) atoms. The minimum Gasteiger partial charge on any atom is -0.465 e. The van der Waals surface area contributed by atoms with Gasteiger partial charge in [0.25, 0.3) is 0 Å². The van der Waals surface area contributed by atoms with Gasteiger partial charge in [-0.25, -0.2) is 4.79 Å². The molecule has 0 radical (unpaired) electrons. The average Bonchev–Trinajstić information content (AvgIpc) is 2.65. The number of aryl methyl sites for hydroxylation is 1. The van der Waals surface area contributed by atoms with Gasteiger partial charge in [0.15, 0.2) is 0 Å². The molecule has 0 spiro atoms. The Morgan fingerprint density at radius 1 is 1.60 bits per heavy atom. The number of nitrogens with zero attached hydrogens (tertiary/aromatic N) is 1. The van der Waals surface area contributed by atoms with E-state index >= 15 is 0 Å². The van der Waals surface area contributed by atoms with Crippen molar-refractivity contribution < 1.29 is 9.90 Å². The van der Waals surface area contributed by atoms with Crippen molar-refractivity contribution in [2.24, 2.45) is 0 Å². The number of rotatable bonds is 1. The lowest BCUT2D eigenvalue weighted by atomic mass is 10.0. The van der Waals surface area contributed by atoms with Gasteiger partial charge in [-0.3, -0.25) is 0 Å². The van der Waals surface area contributed by atoms with Crippen LogP contribution in [-0.2, 0) is 0 Å². The van der Waals surface area contributed by atoms with Gasteiger partial charge < -0.3 is 10.0 Å². The van der Waals surface area contributed by atoms with Crippen LogP contribution in [0.15, 0.2) is 17.5 Å². The molecule has 1 N–H and O–H groups in total. The molecule has 0 saturated heterocycles. The van der Waals surface area contributed by atoms with Crippen LogP contribution in [0.4, 0.5) is 4.79 Å². The number of amides is 1. The summed E-state index contributed by atoms with van der Waals surface area (Å²) in [5.74, 6) is 0. The lowest BCUT2D eigenvalue weighted by Crippen LogP contribution is -2.33. The molecule has 80 valence electrons. The first-order valence-electron chi connectivity index (χ1n) is 4.89. The molecule has 1 aromatic heterocycles. The van der Waals surface area contributed by atoms with E-state index in [1.54, 1.807) is 11.3 Å². The van der Waals surface area contributed by atoms with Crippen LogP contribution in [0.3, 0.4) is 0 Å². The first-order chi connectivity index (χ1) is 7.16. The van der Waals surface area contributed by atoms with Gasteiger partial charge >= 0.3 is 6.09 Å². The highest BCUT2D eigenvalue weighted by atomic mass is 32.1. The summed E-state index contributed by atoms with van der Waals surface area (Å²) in [5, 5.41) is 10.9. The van der Waals surface area contributed by atoms with Crippen molar-refractivity contribution in [3.05, 3.63) is 28.0 Å². The van der Waals surface area contributed by atoms with Crippen LogP contribution in [0.2, 0.25) is 0 Å². The smallest absolute Gasteiger partial charge is 0.407 e. The Hall–Kier alpha value is -1.29. The molecule has 2 rings (SSSR count). The molecule has 0 saturated carbocycles. The lowest BCUT2D eigenvalue weighted by Gasteiger charge is -2.23. The van der Waals surface area contributed by atoms with E-state index in [4.69, 9.17) is 5.11 Å². The normalized spacial score (nSPS) is 16.3. The van der Waals surface area contributed by atoms with E-state index < -0.39 is 6.09 Å². The van der Waals surface area contributed by atoms with E-state index in [-0.39, 0.29) is 0 Å². The molecule has 1 aliphatic heterocycles. The largest absolute Gasteiger partial charge is 0.465 e. The summed E-state index contributed by atoms with van der Waals surface area (Å²) in [6.07, 6.45) is 2.01. The predicted molar refractivity (Wildman–Crippen MR) is 61.2 cm³/mol. The van der Waals surface area contributed by atoms with Crippen LogP contribution in [-0.4, -0.2) is 29.2 Å². The van der Waals surface area contributed by atoms with E-state index in [1.165, 1.54) is 20.9 Å². The molecule has 0 fully saturated rings. The van der Waals surface area contributed by atoms with Crippen LogP contribution in [0.5, 0.6) is 0 Å². The molecule has 1 aromatic rings. The molecule has 1 amide bonds. The number of thiophene rings is 1. The number of hydrogen-bond acceptors (Lipinski definition) is 2. The van der Waals surface area contributed by atoms with Crippen LogP contribution < -0.4 is 0 Å². The van der Waals surface area contributed by atoms with Gasteiger partial charge in [0.2, 0.25) is 0 Å². The van der Waals surface area contributed by atoms with Crippen molar-refractivity contribution in [3.63, 3.8) is 0 Å². The maximum Gasteiger partial charge on any atom is 0.407 e. The van der Waals surface area contributed by atoms with E-state index in [9.17, 15) is 4.79 Å². The van der Waals surface area contributed by atoms with Crippen molar-refractivity contribution in [2.75, 3.05) is 13.1 Å². The van der Waals surface area contributed by atoms with Crippen molar-refractivity contribution in [3.8, 4) is 0 Å². The summed E-state index contributed by atoms with van der Waals surface area (Å²) in [4.78, 5) is 13.4. The minimum atomic E-state index is -0.827. The molecule has 0 aromatic carbocycles. The van der Waals surface area contributed by atoms with Gasteiger partial charge in [-0.05, 0) is 35.9 Å². The maximum atomic E-state index is 10.7. The molecule has 4 heteroatoms. The number of hydrogen-bond donors (Lipinski definition) is 1. The maximum absolute atomic E-state index is 10.7. The van der Waals surface area contributed by atoms with Crippen LogP contribution in [0.25, 0.3) is 5.57 Å². The Bertz CT molecular complexity index is 408. The SMILES string of the molecule is Cc1cc(C2=CCN(C(=O)O)CC2)cs1. The van der Waals surface area contributed by atoms with Crippen LogP contribution in [0.1, 0.15) is 16.9 Å². The standard InChI is InChI=1S/C11H13NO2S/c1-8-6-10(7-15-8)9-2-4-12(5-3-9)11(13)14/h2,6-7H,3-5H2,1H3,(H,13,14). The Morgan fingerprint density at radius 3 is 2.87 bits per heavy atom. The topological polar surface area (TPSA) is 40.5 Å². The van der Waals surface area contributed by atoms with E-state index in [0.717, 1.165) is 6.42 Å². The second-order valence-corrected chi connectivity index (χ2v) is 4.77. The summed E-state index contributed by atoms with van der Waals surface area (Å²) in [5.41, 5.74) is 2.53. The highest BCUT2D eigenvalue weighted by Gasteiger charge is 2.16. The Morgan fingerprint density at radius 2 is 2.40 bits per heavy atom. The predicted octanol–water partition coefficient (Wildman–Crippen LogP) is 2.82. The number of carbonyl (C=O) groups is 1. The van der Waals surface area contributed by atoms with Crippen molar-refractivity contribution >= 4 is 23.0 Å². The third-order valence-electron chi connectivity index (χ3n) is 2.58. The molecule has 3 nitrogen and oxygen atoms in total. The Labute approximate surface area is 92.6 Å². The second-order valence-electron chi connectivity index (χ2n) is 3.65. The van der Waals surface area contributed by atoms with Gasteiger partial charge in [-0.2, -0.15) is 0 Å². The summed E-state index contributed by atoms with van der Waals surface area (Å²) in [6.45, 7) is 3.21. The average molecular weight is 223 g/mol. The van der Waals surface area contributed by atoms with Crippen molar-refractivity contribution in [1.82, 2.24) is 4.90 Å². The van der Waals surface area contributed by atoms with Crippen molar-refractivity contribution in [1.29, 1.82) is 0 Å². The Kier molecular flexibility index (Phi) is 2.77. The zero-order chi connectivity index (χ0) is 10.8. The summed E-state index contributed by atoms with van der Waals surface area (Å²) in [6, 6.07) is 2.16. The first-order valence-corrected chi connectivity index (χ1v) is 5.77. The van der Waals surface area contributed by atoms with E-state index in [2.05, 4.69) is 18.4 Å². The third-order valence-corrected chi connectivity index (χ3v) is 3.44. The fourth-order valence-corrected chi connectivity index (χ4v) is 2.44. The molecule has 0 aliphatic carbocycles. The van der Waals surface area contributed by atoms with E-state index in [1.807, 2.05) is 6.08 Å². The van der Waals surface area contributed by atoms with Crippen LogP contribution in [0, 0.1) is 6.92 Å². The fraction of sp³-hybridized carbons (Fsp3) is 0.364. The van der Waals surface area contributed by atoms with Crippen LogP contribution >= 0.6 is 11.3 Å². The summed E-state index contributed by atoms with van der Waals surface area (Å²) in [7, 11) is 0. The molecule has 0 atom stereocenters. The van der Waals surface area contributed by atoms with Gasteiger partial charge in [-0.15, -0.1) is 11.3 Å². The molecular weight excluding hydrogens is 210 g/mol. The van der Waals surface area contributed by atoms with Gasteiger partial charge in [0.1, 0.15) is 0 Å². The van der Waals surface area contributed by atoms with E-state index in [0.29, 0.717) is 13.1 Å². The van der Waals surface area contributed by atoms with Gasteiger partial charge in [0.05, 0.1) is 0 Å². The minimum absolute atomic E-state index is 0.513. The molecule has 0 bridgehead atoms. The highest BCUT2D eigenvalue weighted by molar-refractivity contribution is 7.10. The quantitative estimate of drug-likeness (QED) is 0.795. The fourth-order valence-electron chi connectivity index (χ4n) is 1.72. The highest BCUT2D eigenvalue weighted by Crippen LogP contribution is 2.26. The third kappa shape index (κ3) is 2.21. The second kappa shape index (κ2) is 4.06. The van der Waals surface area contributed by atoms with Gasteiger partial charge in [-0.1, -0.05) is 6.08 Å².